The third kappa shape index (κ3) is 2.72. The summed E-state index contributed by atoms with van der Waals surface area (Å²) in [7, 11) is 0. The molecule has 1 aromatic carbocycles. The van der Waals surface area contributed by atoms with Crippen molar-refractivity contribution in [3.8, 4) is 17.3 Å². The van der Waals surface area contributed by atoms with E-state index in [1.165, 1.54) is 11.8 Å². The number of hydrogen-bond acceptors (Lipinski definition) is 4. The molecule has 0 amide bonds. The monoisotopic (exact) mass is 335 g/mol. The van der Waals surface area contributed by atoms with Gasteiger partial charge < -0.3 is 4.98 Å². The molecule has 0 spiro atoms. The maximum Gasteiger partial charge on any atom is 0.270 e. The Balaban J connectivity index is 2.77. The number of nitrogens with one attached hydrogen (secondary N) is 1. The minimum Gasteiger partial charge on any atom is -0.300 e. The lowest BCUT2D eigenvalue weighted by molar-refractivity contribution is 0.937. The van der Waals surface area contributed by atoms with Gasteiger partial charge in [0.25, 0.3) is 5.56 Å². The molecule has 0 aliphatic rings. The predicted octanol–water partition coefficient (Wildman–Crippen LogP) is 3.10. The van der Waals surface area contributed by atoms with Crippen LogP contribution in [0, 0.1) is 18.3 Å². The average Bonchev–Trinajstić information content (AvgIpc) is 2.37. The molecule has 1 heterocycles. The molecule has 0 atom stereocenters. The molecule has 0 radical (unpaired) electrons. The largest absolute Gasteiger partial charge is 0.300 e. The number of hydrogen-bond donors (Lipinski definition) is 1. The van der Waals surface area contributed by atoms with E-state index in [-0.39, 0.29) is 5.56 Å². The zero-order chi connectivity index (χ0) is 14.0. The van der Waals surface area contributed by atoms with Crippen LogP contribution >= 0.6 is 27.7 Å². The molecular formula is C13H10BrN3OS. The highest BCUT2D eigenvalue weighted by Crippen LogP contribution is 2.29. The van der Waals surface area contributed by atoms with Crippen molar-refractivity contribution in [2.75, 3.05) is 6.26 Å². The van der Waals surface area contributed by atoms with Gasteiger partial charge in [0.2, 0.25) is 0 Å². The second-order valence-corrected chi connectivity index (χ2v) is 5.54. The summed E-state index contributed by atoms with van der Waals surface area (Å²) in [6.45, 7) is 1.97. The van der Waals surface area contributed by atoms with Crippen molar-refractivity contribution >= 4 is 27.7 Å². The molecule has 1 N–H and O–H groups in total. The Morgan fingerprint density at radius 1 is 1.47 bits per heavy atom. The highest BCUT2D eigenvalue weighted by Gasteiger charge is 2.15. The van der Waals surface area contributed by atoms with Gasteiger partial charge in [-0.05, 0) is 24.8 Å². The van der Waals surface area contributed by atoms with Crippen molar-refractivity contribution in [1.29, 1.82) is 5.26 Å². The number of aromatic nitrogens is 2. The SMILES string of the molecule is CSc1nc(-c2ccc(C)cc2Br)c(C#N)c(=O)[nH]1. The van der Waals surface area contributed by atoms with Gasteiger partial charge in [-0.2, -0.15) is 5.26 Å². The van der Waals surface area contributed by atoms with Gasteiger partial charge in [-0.1, -0.05) is 39.8 Å². The fourth-order valence-electron chi connectivity index (χ4n) is 1.66. The molecule has 2 rings (SSSR count). The van der Waals surface area contributed by atoms with Crippen LogP contribution in [0.25, 0.3) is 11.3 Å². The average molecular weight is 336 g/mol. The summed E-state index contributed by atoms with van der Waals surface area (Å²) >= 11 is 4.78. The van der Waals surface area contributed by atoms with Crippen molar-refractivity contribution in [2.45, 2.75) is 12.1 Å². The summed E-state index contributed by atoms with van der Waals surface area (Å²) < 4.78 is 0.814. The third-order valence-electron chi connectivity index (χ3n) is 2.58. The minimum absolute atomic E-state index is 0.0300. The van der Waals surface area contributed by atoms with Gasteiger partial charge in [-0.3, -0.25) is 4.79 Å². The van der Waals surface area contributed by atoms with Crippen molar-refractivity contribution in [2.24, 2.45) is 0 Å². The minimum atomic E-state index is -0.413. The topological polar surface area (TPSA) is 69.5 Å². The number of thioether (sulfide) groups is 1. The standard InChI is InChI=1S/C13H10BrN3OS/c1-7-3-4-8(10(14)5-7)11-9(6-15)12(18)17-13(16-11)19-2/h3-5H,1-2H3,(H,16,17,18). The molecule has 1 aromatic heterocycles. The van der Waals surface area contributed by atoms with Crippen LogP contribution in [0.2, 0.25) is 0 Å². The normalized spacial score (nSPS) is 10.2. The first-order chi connectivity index (χ1) is 9.06. The second-order valence-electron chi connectivity index (χ2n) is 3.89. The maximum atomic E-state index is 11.9. The fraction of sp³-hybridized carbons (Fsp3) is 0.154. The first-order valence-corrected chi connectivity index (χ1v) is 7.43. The van der Waals surface area contributed by atoms with E-state index in [0.29, 0.717) is 10.9 Å². The molecule has 0 bridgehead atoms. The van der Waals surface area contributed by atoms with E-state index in [4.69, 9.17) is 5.26 Å². The number of nitriles is 1. The molecule has 0 saturated heterocycles. The van der Waals surface area contributed by atoms with Crippen LogP contribution in [-0.4, -0.2) is 16.2 Å². The van der Waals surface area contributed by atoms with Crippen LogP contribution in [0.4, 0.5) is 0 Å². The molecule has 0 fully saturated rings. The number of aromatic amines is 1. The lowest BCUT2D eigenvalue weighted by Crippen LogP contribution is -2.14. The van der Waals surface area contributed by atoms with Gasteiger partial charge in [0.15, 0.2) is 5.16 Å². The number of H-pyrrole nitrogens is 1. The first kappa shape index (κ1) is 13.8. The number of benzene rings is 1. The van der Waals surface area contributed by atoms with E-state index < -0.39 is 5.56 Å². The van der Waals surface area contributed by atoms with E-state index >= 15 is 0 Å². The van der Waals surface area contributed by atoms with Crippen LogP contribution < -0.4 is 5.56 Å². The van der Waals surface area contributed by atoms with Crippen LogP contribution in [0.3, 0.4) is 0 Å². The molecule has 6 heteroatoms. The van der Waals surface area contributed by atoms with Crippen molar-refractivity contribution in [1.82, 2.24) is 9.97 Å². The number of aryl methyl sites for hydroxylation is 1. The Bertz CT molecular complexity index is 734. The first-order valence-electron chi connectivity index (χ1n) is 5.41. The molecule has 0 aliphatic carbocycles. The Morgan fingerprint density at radius 2 is 2.21 bits per heavy atom. The second kappa shape index (κ2) is 5.59. The van der Waals surface area contributed by atoms with Crippen LogP contribution in [0.5, 0.6) is 0 Å². The summed E-state index contributed by atoms with van der Waals surface area (Å²) in [6.07, 6.45) is 1.82. The quantitative estimate of drug-likeness (QED) is 0.676. The lowest BCUT2D eigenvalue weighted by atomic mass is 10.1. The number of halogens is 1. The van der Waals surface area contributed by atoms with Gasteiger partial charge in [0, 0.05) is 10.0 Å². The summed E-state index contributed by atoms with van der Waals surface area (Å²) in [4.78, 5) is 18.8. The zero-order valence-corrected chi connectivity index (χ0v) is 12.7. The summed E-state index contributed by atoms with van der Waals surface area (Å²) in [5, 5.41) is 9.63. The molecule has 96 valence electrons. The van der Waals surface area contributed by atoms with Crippen LogP contribution in [-0.2, 0) is 0 Å². The summed E-state index contributed by atoms with van der Waals surface area (Å²) in [5.41, 5.74) is 1.85. The molecule has 0 unspecified atom stereocenters. The summed E-state index contributed by atoms with van der Waals surface area (Å²) in [6, 6.07) is 7.62. The van der Waals surface area contributed by atoms with Gasteiger partial charge in [0.05, 0.1) is 5.69 Å². The van der Waals surface area contributed by atoms with Gasteiger partial charge >= 0.3 is 0 Å². The molecule has 0 aliphatic heterocycles. The zero-order valence-electron chi connectivity index (χ0n) is 10.3. The van der Waals surface area contributed by atoms with Crippen LogP contribution in [0.1, 0.15) is 11.1 Å². The Morgan fingerprint density at radius 3 is 2.79 bits per heavy atom. The predicted molar refractivity (Wildman–Crippen MR) is 79.2 cm³/mol. The molecule has 4 nitrogen and oxygen atoms in total. The van der Waals surface area contributed by atoms with E-state index in [1.807, 2.05) is 37.4 Å². The highest BCUT2D eigenvalue weighted by atomic mass is 79.9. The molecule has 2 aromatic rings. The molecule has 0 saturated carbocycles. The summed E-state index contributed by atoms with van der Waals surface area (Å²) in [5.74, 6) is 0. The van der Waals surface area contributed by atoms with Crippen molar-refractivity contribution in [3.63, 3.8) is 0 Å². The Hall–Kier alpha value is -1.58. The number of rotatable bonds is 2. The van der Waals surface area contributed by atoms with E-state index in [0.717, 1.165) is 15.6 Å². The smallest absolute Gasteiger partial charge is 0.270 e. The van der Waals surface area contributed by atoms with Crippen LogP contribution in [0.15, 0.2) is 32.6 Å². The Kier molecular flexibility index (Phi) is 4.08. The van der Waals surface area contributed by atoms with Gasteiger partial charge in [0.1, 0.15) is 11.6 Å². The maximum absolute atomic E-state index is 11.9. The lowest BCUT2D eigenvalue weighted by Gasteiger charge is -2.07. The highest BCUT2D eigenvalue weighted by molar-refractivity contribution is 9.10. The van der Waals surface area contributed by atoms with Gasteiger partial charge in [-0.25, -0.2) is 4.98 Å². The Labute approximate surface area is 123 Å². The van der Waals surface area contributed by atoms with E-state index in [1.54, 1.807) is 0 Å². The van der Waals surface area contributed by atoms with Crippen molar-refractivity contribution < 1.29 is 0 Å². The fourth-order valence-corrected chi connectivity index (χ4v) is 2.72. The third-order valence-corrected chi connectivity index (χ3v) is 3.82. The van der Waals surface area contributed by atoms with E-state index in [9.17, 15) is 4.79 Å². The molecular weight excluding hydrogens is 326 g/mol. The van der Waals surface area contributed by atoms with Crippen molar-refractivity contribution in [3.05, 3.63) is 44.2 Å². The number of nitrogens with zero attached hydrogens (tertiary/aromatic N) is 2. The van der Waals surface area contributed by atoms with Gasteiger partial charge in [-0.15, -0.1) is 0 Å². The molecule has 19 heavy (non-hydrogen) atoms. The van der Waals surface area contributed by atoms with E-state index in [2.05, 4.69) is 25.9 Å².